The van der Waals surface area contributed by atoms with Crippen LogP contribution in [0.4, 0.5) is 0 Å². The molecule has 1 aliphatic heterocycles. The molecular formula is C28H32N6. The summed E-state index contributed by atoms with van der Waals surface area (Å²) >= 11 is 0. The topological polar surface area (TPSA) is 81.4 Å². The van der Waals surface area contributed by atoms with Gasteiger partial charge in [-0.1, -0.05) is 61.4 Å². The molecule has 0 unspecified atom stereocenters. The zero-order valence-corrected chi connectivity index (χ0v) is 19.5. The van der Waals surface area contributed by atoms with Crippen molar-refractivity contribution < 1.29 is 0 Å². The van der Waals surface area contributed by atoms with Crippen LogP contribution in [0.5, 0.6) is 0 Å². The van der Waals surface area contributed by atoms with E-state index >= 15 is 0 Å². The van der Waals surface area contributed by atoms with Gasteiger partial charge in [-0.25, -0.2) is 9.97 Å². The first kappa shape index (κ1) is 21.3. The second kappa shape index (κ2) is 9.57. The summed E-state index contributed by atoms with van der Waals surface area (Å²) in [4.78, 5) is 16.1. The molecule has 6 heteroatoms. The van der Waals surface area contributed by atoms with Crippen LogP contribution in [-0.4, -0.2) is 33.0 Å². The molecule has 1 saturated heterocycles. The largest absolute Gasteiger partial charge is 0.341 e. The monoisotopic (exact) mass is 452 g/mol. The minimum atomic E-state index is 0.362. The van der Waals surface area contributed by atoms with E-state index in [1.165, 1.54) is 36.8 Å². The standard InChI is InChI=1S/C28H32N6/c1-2-24(30-14-1)28-32-17-26(34-28)23-11-7-21(8-12-23)20-5-9-22(10-6-20)25-16-31-27(33-25)18-29-15-13-19-3-4-19/h5-12,16-17,19,24,29-30H,1-4,13-15,18H2,(H,31,33)(H,32,34)/t24-/m0/s1. The van der Waals surface area contributed by atoms with Crippen LogP contribution in [0.15, 0.2) is 60.9 Å². The van der Waals surface area contributed by atoms with E-state index in [9.17, 15) is 0 Å². The van der Waals surface area contributed by atoms with Crippen LogP contribution in [-0.2, 0) is 6.54 Å². The SMILES string of the molecule is c1cc(-c2cnc(CNCCC3CC3)[nH]2)ccc1-c1ccc(-c2cnc([C@@H]3CCCN3)[nH]2)cc1. The number of aromatic nitrogens is 4. The fraction of sp³-hybridized carbons (Fsp3) is 0.357. The van der Waals surface area contributed by atoms with Gasteiger partial charge in [0, 0.05) is 0 Å². The maximum atomic E-state index is 4.60. The highest BCUT2D eigenvalue weighted by Crippen LogP contribution is 2.32. The number of hydrogen-bond acceptors (Lipinski definition) is 4. The molecule has 34 heavy (non-hydrogen) atoms. The molecule has 0 amide bonds. The van der Waals surface area contributed by atoms with Crippen molar-refractivity contribution in [2.45, 2.75) is 44.7 Å². The summed E-state index contributed by atoms with van der Waals surface area (Å²) in [6.45, 7) is 2.95. The lowest BCUT2D eigenvalue weighted by atomic mass is 10.0. The number of nitrogens with zero attached hydrogens (tertiary/aromatic N) is 2. The number of aromatic amines is 2. The predicted octanol–water partition coefficient (Wildman–Crippen LogP) is 5.45. The van der Waals surface area contributed by atoms with Gasteiger partial charge >= 0.3 is 0 Å². The molecule has 6 nitrogen and oxygen atoms in total. The maximum absolute atomic E-state index is 4.60. The molecular weight excluding hydrogens is 420 g/mol. The second-order valence-electron chi connectivity index (χ2n) is 9.64. The minimum absolute atomic E-state index is 0.362. The van der Waals surface area contributed by atoms with Gasteiger partial charge in [-0.15, -0.1) is 0 Å². The first-order valence-corrected chi connectivity index (χ1v) is 12.6. The number of nitrogens with one attached hydrogen (secondary N) is 4. The van der Waals surface area contributed by atoms with Crippen molar-refractivity contribution in [2.24, 2.45) is 5.92 Å². The van der Waals surface area contributed by atoms with E-state index in [4.69, 9.17) is 0 Å². The number of rotatable bonds is 9. The first-order chi connectivity index (χ1) is 16.8. The van der Waals surface area contributed by atoms with Gasteiger partial charge in [0.2, 0.25) is 0 Å². The quantitative estimate of drug-likeness (QED) is 0.255. The average Bonchev–Trinajstić information content (AvgIpc) is 3.30. The third kappa shape index (κ3) is 4.83. The van der Waals surface area contributed by atoms with E-state index < -0.39 is 0 Å². The molecule has 3 heterocycles. The second-order valence-corrected chi connectivity index (χ2v) is 9.64. The van der Waals surface area contributed by atoms with Crippen molar-refractivity contribution in [3.63, 3.8) is 0 Å². The highest BCUT2D eigenvalue weighted by molar-refractivity contribution is 5.71. The fourth-order valence-electron chi connectivity index (χ4n) is 4.78. The molecule has 4 aromatic rings. The summed E-state index contributed by atoms with van der Waals surface area (Å²) in [7, 11) is 0. The van der Waals surface area contributed by atoms with Gasteiger partial charge < -0.3 is 20.6 Å². The Morgan fingerprint density at radius 3 is 2.06 bits per heavy atom. The van der Waals surface area contributed by atoms with Crippen molar-refractivity contribution >= 4 is 0 Å². The lowest BCUT2D eigenvalue weighted by Gasteiger charge is -2.06. The highest BCUT2D eigenvalue weighted by Gasteiger charge is 2.20. The van der Waals surface area contributed by atoms with Gasteiger partial charge in [0.05, 0.1) is 36.4 Å². The van der Waals surface area contributed by atoms with Crippen LogP contribution in [0.25, 0.3) is 33.6 Å². The predicted molar refractivity (Wildman–Crippen MR) is 136 cm³/mol. The average molecular weight is 453 g/mol. The van der Waals surface area contributed by atoms with E-state index in [-0.39, 0.29) is 0 Å². The zero-order valence-electron chi connectivity index (χ0n) is 19.5. The van der Waals surface area contributed by atoms with Crippen LogP contribution in [0, 0.1) is 5.92 Å². The summed E-state index contributed by atoms with van der Waals surface area (Å²) in [5.74, 6) is 3.01. The fourth-order valence-corrected chi connectivity index (χ4v) is 4.78. The number of imidazole rings is 2. The Labute approximate surface area is 200 Å². The van der Waals surface area contributed by atoms with Crippen molar-refractivity contribution in [1.29, 1.82) is 0 Å². The molecule has 1 atom stereocenters. The third-order valence-electron chi connectivity index (χ3n) is 7.06. The lowest BCUT2D eigenvalue weighted by molar-refractivity contribution is 0.601. The van der Waals surface area contributed by atoms with E-state index in [2.05, 4.69) is 79.1 Å². The van der Waals surface area contributed by atoms with Gasteiger partial charge in [-0.05, 0) is 60.5 Å². The molecule has 1 saturated carbocycles. The first-order valence-electron chi connectivity index (χ1n) is 12.6. The van der Waals surface area contributed by atoms with Crippen molar-refractivity contribution in [3.8, 4) is 33.6 Å². The van der Waals surface area contributed by atoms with Gasteiger partial charge in [0.1, 0.15) is 11.6 Å². The molecule has 6 rings (SSSR count). The molecule has 2 aromatic heterocycles. The molecule has 174 valence electrons. The Morgan fingerprint density at radius 1 is 0.765 bits per heavy atom. The Kier molecular flexibility index (Phi) is 6.00. The van der Waals surface area contributed by atoms with Gasteiger partial charge in [-0.2, -0.15) is 0 Å². The molecule has 0 spiro atoms. The Bertz CT molecular complexity index is 1210. The zero-order chi connectivity index (χ0) is 22.7. The Hall–Kier alpha value is -3.22. The maximum Gasteiger partial charge on any atom is 0.123 e. The van der Waals surface area contributed by atoms with Crippen molar-refractivity contribution in [2.75, 3.05) is 13.1 Å². The minimum Gasteiger partial charge on any atom is -0.341 e. The van der Waals surface area contributed by atoms with Crippen molar-refractivity contribution in [1.82, 2.24) is 30.6 Å². The van der Waals surface area contributed by atoms with Crippen LogP contribution in [0.2, 0.25) is 0 Å². The molecule has 2 aliphatic rings. The Balaban J connectivity index is 1.09. The van der Waals surface area contributed by atoms with E-state index in [1.807, 2.05) is 12.4 Å². The molecule has 2 aromatic carbocycles. The van der Waals surface area contributed by atoms with E-state index in [0.29, 0.717) is 6.04 Å². The number of benzene rings is 2. The van der Waals surface area contributed by atoms with Crippen LogP contribution >= 0.6 is 0 Å². The van der Waals surface area contributed by atoms with Gasteiger partial charge in [0.15, 0.2) is 0 Å². The highest BCUT2D eigenvalue weighted by atomic mass is 15.0. The van der Waals surface area contributed by atoms with Gasteiger partial charge in [-0.3, -0.25) is 0 Å². The summed E-state index contributed by atoms with van der Waals surface area (Å²) in [6, 6.07) is 17.7. The van der Waals surface area contributed by atoms with Gasteiger partial charge in [0.25, 0.3) is 0 Å². The smallest absolute Gasteiger partial charge is 0.123 e. The molecule has 1 aliphatic carbocycles. The summed E-state index contributed by atoms with van der Waals surface area (Å²) < 4.78 is 0. The van der Waals surface area contributed by atoms with E-state index in [0.717, 1.165) is 66.1 Å². The van der Waals surface area contributed by atoms with Crippen LogP contribution < -0.4 is 10.6 Å². The van der Waals surface area contributed by atoms with Crippen LogP contribution in [0.1, 0.15) is 49.8 Å². The molecule has 2 fully saturated rings. The van der Waals surface area contributed by atoms with Crippen molar-refractivity contribution in [3.05, 3.63) is 72.6 Å². The lowest BCUT2D eigenvalue weighted by Crippen LogP contribution is -2.16. The van der Waals surface area contributed by atoms with Crippen LogP contribution in [0.3, 0.4) is 0 Å². The number of H-pyrrole nitrogens is 2. The molecule has 4 N–H and O–H groups in total. The summed E-state index contributed by atoms with van der Waals surface area (Å²) in [6.07, 6.45) is 10.4. The molecule has 0 bridgehead atoms. The Morgan fingerprint density at radius 2 is 1.41 bits per heavy atom. The summed E-state index contributed by atoms with van der Waals surface area (Å²) in [5, 5.41) is 7.00. The third-order valence-corrected chi connectivity index (χ3v) is 7.06. The molecule has 0 radical (unpaired) electrons. The number of hydrogen-bond donors (Lipinski definition) is 4. The van der Waals surface area contributed by atoms with E-state index in [1.54, 1.807) is 0 Å². The normalized spacial score (nSPS) is 17.9. The summed E-state index contributed by atoms with van der Waals surface area (Å²) in [5.41, 5.74) is 6.86.